The van der Waals surface area contributed by atoms with Crippen LogP contribution in [0.5, 0.6) is 0 Å². The van der Waals surface area contributed by atoms with E-state index in [1.165, 1.54) is 0 Å². The Morgan fingerprint density at radius 1 is 1.50 bits per heavy atom. The maximum Gasteiger partial charge on any atom is 0.245 e. The van der Waals surface area contributed by atoms with E-state index >= 15 is 0 Å². The lowest BCUT2D eigenvalue weighted by Gasteiger charge is -2.20. The molecule has 1 atom stereocenters. The zero-order chi connectivity index (χ0) is 7.99. The number of ether oxygens (including phenoxy) is 2. The molecular weight excluding hydrogens is 144 g/mol. The third-order valence-corrected chi connectivity index (χ3v) is 4.43. The predicted octanol–water partition coefficient (Wildman–Crippen LogP) is 1.75. The number of hydrogen-bond acceptors (Lipinski definition) is 2. The van der Waals surface area contributed by atoms with Crippen molar-refractivity contribution in [3.63, 3.8) is 0 Å². The summed E-state index contributed by atoms with van der Waals surface area (Å²) < 4.78 is 10.5. The molecule has 1 unspecified atom stereocenters. The van der Waals surface area contributed by atoms with Crippen LogP contribution in [0.25, 0.3) is 0 Å². The summed E-state index contributed by atoms with van der Waals surface area (Å²) >= 11 is 0. The lowest BCUT2D eigenvalue weighted by Crippen LogP contribution is -2.42. The van der Waals surface area contributed by atoms with Crippen LogP contribution in [0.1, 0.15) is 0 Å². The van der Waals surface area contributed by atoms with Gasteiger partial charge in [-0.05, 0) is 0 Å². The van der Waals surface area contributed by atoms with E-state index in [-0.39, 0.29) is 5.41 Å². The molecular formula is C7H14O2Si. The largest absolute Gasteiger partial charge is 0.457 e. The van der Waals surface area contributed by atoms with E-state index < -0.39 is 8.07 Å². The van der Waals surface area contributed by atoms with Crippen LogP contribution in [0, 0.1) is 0 Å². The Balaban J connectivity index is 2.79. The van der Waals surface area contributed by atoms with Crippen LogP contribution in [0.4, 0.5) is 0 Å². The molecule has 1 rings (SSSR count). The molecule has 0 aromatic carbocycles. The van der Waals surface area contributed by atoms with Gasteiger partial charge in [-0.2, -0.15) is 0 Å². The van der Waals surface area contributed by atoms with Gasteiger partial charge in [-0.15, -0.1) is 0 Å². The SMILES string of the molecule is C=C1OC1(OC)[Si](C)(C)C. The predicted molar refractivity (Wildman–Crippen MR) is 43.3 cm³/mol. The van der Waals surface area contributed by atoms with E-state index in [1.54, 1.807) is 7.11 Å². The molecule has 1 heterocycles. The van der Waals surface area contributed by atoms with Crippen molar-refractivity contribution in [2.75, 3.05) is 7.11 Å². The second-order valence-corrected chi connectivity index (χ2v) is 8.75. The zero-order valence-electron chi connectivity index (χ0n) is 7.02. The fraction of sp³-hybridized carbons (Fsp3) is 0.714. The lowest BCUT2D eigenvalue weighted by molar-refractivity contribution is 0.0489. The summed E-state index contributed by atoms with van der Waals surface area (Å²) in [6, 6.07) is 0. The first kappa shape index (κ1) is 7.82. The first-order valence-electron chi connectivity index (χ1n) is 3.37. The molecule has 0 N–H and O–H groups in total. The number of epoxide rings is 1. The molecule has 1 fully saturated rings. The molecule has 10 heavy (non-hydrogen) atoms. The molecule has 0 aliphatic carbocycles. The Hall–Kier alpha value is -0.283. The monoisotopic (exact) mass is 158 g/mol. The van der Waals surface area contributed by atoms with E-state index in [2.05, 4.69) is 26.2 Å². The number of methoxy groups -OCH3 is 1. The van der Waals surface area contributed by atoms with E-state index in [1.807, 2.05) is 0 Å². The molecule has 58 valence electrons. The maximum atomic E-state index is 5.27. The molecule has 1 aliphatic heterocycles. The topological polar surface area (TPSA) is 21.8 Å². The fourth-order valence-corrected chi connectivity index (χ4v) is 3.06. The highest BCUT2D eigenvalue weighted by atomic mass is 28.3. The first-order valence-corrected chi connectivity index (χ1v) is 6.87. The van der Waals surface area contributed by atoms with Crippen molar-refractivity contribution in [1.82, 2.24) is 0 Å². The standard InChI is InChI=1S/C7H14O2Si/c1-6-7(8-2,9-6)10(3,4)5/h1H2,2-5H3. The van der Waals surface area contributed by atoms with Gasteiger partial charge in [0.15, 0.2) is 5.76 Å². The van der Waals surface area contributed by atoms with Crippen LogP contribution in [0.2, 0.25) is 19.6 Å². The van der Waals surface area contributed by atoms with Crippen molar-refractivity contribution in [2.24, 2.45) is 0 Å². The minimum Gasteiger partial charge on any atom is -0.457 e. The highest BCUT2D eigenvalue weighted by Crippen LogP contribution is 2.47. The normalized spacial score (nSPS) is 31.8. The molecule has 0 aromatic rings. The van der Waals surface area contributed by atoms with Gasteiger partial charge < -0.3 is 9.47 Å². The van der Waals surface area contributed by atoms with Crippen LogP contribution < -0.4 is 0 Å². The molecule has 1 aliphatic rings. The molecule has 0 radical (unpaired) electrons. The van der Waals surface area contributed by atoms with Gasteiger partial charge in [0.25, 0.3) is 0 Å². The van der Waals surface area contributed by atoms with Gasteiger partial charge >= 0.3 is 0 Å². The second-order valence-electron chi connectivity index (χ2n) is 3.60. The summed E-state index contributed by atoms with van der Waals surface area (Å²) in [6.07, 6.45) is 0. The average Bonchev–Trinajstić information content (AvgIpc) is 2.40. The van der Waals surface area contributed by atoms with Crippen LogP contribution in [-0.2, 0) is 9.47 Å². The third-order valence-electron chi connectivity index (χ3n) is 1.87. The van der Waals surface area contributed by atoms with Crippen molar-refractivity contribution < 1.29 is 9.47 Å². The minimum atomic E-state index is -1.38. The highest BCUT2D eigenvalue weighted by Gasteiger charge is 2.61. The lowest BCUT2D eigenvalue weighted by atomic mass is 10.7. The molecule has 1 saturated heterocycles. The third kappa shape index (κ3) is 0.811. The smallest absolute Gasteiger partial charge is 0.245 e. The van der Waals surface area contributed by atoms with Gasteiger partial charge in [0.2, 0.25) is 5.41 Å². The van der Waals surface area contributed by atoms with Crippen molar-refractivity contribution >= 4 is 8.07 Å². The minimum absolute atomic E-state index is 0.368. The summed E-state index contributed by atoms with van der Waals surface area (Å²) in [5.41, 5.74) is -0.368. The van der Waals surface area contributed by atoms with Gasteiger partial charge in [0, 0.05) is 7.11 Å². The number of hydrogen-bond donors (Lipinski definition) is 0. The number of rotatable bonds is 2. The Kier molecular flexibility index (Phi) is 1.45. The van der Waals surface area contributed by atoms with E-state index in [4.69, 9.17) is 9.47 Å². The molecule has 0 bridgehead atoms. The van der Waals surface area contributed by atoms with Gasteiger partial charge in [0.05, 0.1) is 0 Å². The van der Waals surface area contributed by atoms with Crippen LogP contribution in [0.3, 0.4) is 0 Å². The van der Waals surface area contributed by atoms with Crippen molar-refractivity contribution in [1.29, 1.82) is 0 Å². The average molecular weight is 158 g/mol. The highest BCUT2D eigenvalue weighted by molar-refractivity contribution is 6.80. The van der Waals surface area contributed by atoms with E-state index in [0.29, 0.717) is 0 Å². The summed E-state index contributed by atoms with van der Waals surface area (Å²) in [4.78, 5) is 0. The summed E-state index contributed by atoms with van der Waals surface area (Å²) in [5, 5.41) is 0. The Morgan fingerprint density at radius 2 is 1.90 bits per heavy atom. The van der Waals surface area contributed by atoms with Crippen LogP contribution in [0.15, 0.2) is 12.3 Å². The molecule has 2 nitrogen and oxygen atoms in total. The van der Waals surface area contributed by atoms with Crippen LogP contribution >= 0.6 is 0 Å². The van der Waals surface area contributed by atoms with Gasteiger partial charge in [0.1, 0.15) is 8.07 Å². The molecule has 0 spiro atoms. The van der Waals surface area contributed by atoms with Crippen LogP contribution in [-0.4, -0.2) is 20.6 Å². The molecule has 3 heteroatoms. The van der Waals surface area contributed by atoms with E-state index in [0.717, 1.165) is 5.76 Å². The molecule has 0 saturated carbocycles. The summed E-state index contributed by atoms with van der Waals surface area (Å²) in [5.74, 6) is 0.800. The van der Waals surface area contributed by atoms with Crippen molar-refractivity contribution in [3.05, 3.63) is 12.3 Å². The quantitative estimate of drug-likeness (QED) is 0.451. The van der Waals surface area contributed by atoms with Gasteiger partial charge in [-0.3, -0.25) is 0 Å². The second kappa shape index (κ2) is 1.86. The summed E-state index contributed by atoms with van der Waals surface area (Å²) in [6.45, 7) is 10.4. The molecule has 0 aromatic heterocycles. The van der Waals surface area contributed by atoms with Gasteiger partial charge in [-0.1, -0.05) is 26.2 Å². The first-order chi connectivity index (χ1) is 4.44. The van der Waals surface area contributed by atoms with Crippen molar-refractivity contribution in [2.45, 2.75) is 25.1 Å². The fourth-order valence-electron chi connectivity index (χ4n) is 1.18. The molecule has 0 amide bonds. The Labute approximate surface area is 62.8 Å². The Bertz CT molecular complexity index is 171. The Morgan fingerprint density at radius 3 is 1.90 bits per heavy atom. The van der Waals surface area contributed by atoms with Gasteiger partial charge in [-0.25, -0.2) is 0 Å². The van der Waals surface area contributed by atoms with E-state index in [9.17, 15) is 0 Å². The maximum absolute atomic E-state index is 5.27. The zero-order valence-corrected chi connectivity index (χ0v) is 8.02. The van der Waals surface area contributed by atoms with Crippen molar-refractivity contribution in [3.8, 4) is 0 Å². The summed E-state index contributed by atoms with van der Waals surface area (Å²) in [7, 11) is 0.296.